The largest absolute Gasteiger partial charge is 0.480 e. The molecule has 0 spiro atoms. The maximum absolute atomic E-state index is 12.3. The SMILES string of the molecule is CC(O)C(C(=O)O)N(C(=O)OCc1ccccc1)C(C)(C)C. The molecule has 6 nitrogen and oxygen atoms in total. The Labute approximate surface area is 130 Å². The number of carbonyl (C=O) groups excluding carboxylic acids is 1. The topological polar surface area (TPSA) is 87.1 Å². The summed E-state index contributed by atoms with van der Waals surface area (Å²) < 4.78 is 5.21. The third-order valence-corrected chi connectivity index (χ3v) is 3.11. The molecule has 6 heteroatoms. The second kappa shape index (κ2) is 7.26. The lowest BCUT2D eigenvalue weighted by Gasteiger charge is -2.39. The van der Waals surface area contributed by atoms with Crippen LogP contribution in [0.1, 0.15) is 33.3 Å². The normalized spacial score (nSPS) is 14.0. The van der Waals surface area contributed by atoms with Gasteiger partial charge in [-0.2, -0.15) is 0 Å². The standard InChI is InChI=1S/C16H23NO5/c1-11(18)13(14(19)20)17(16(2,3)4)15(21)22-10-12-8-6-5-7-9-12/h5-9,11,13,18H,10H2,1-4H3,(H,19,20). The van der Waals surface area contributed by atoms with Crippen LogP contribution in [0.3, 0.4) is 0 Å². The first-order valence-corrected chi connectivity index (χ1v) is 7.05. The molecule has 22 heavy (non-hydrogen) atoms. The third kappa shape index (κ3) is 4.73. The number of ether oxygens (including phenoxy) is 1. The van der Waals surface area contributed by atoms with E-state index in [0.29, 0.717) is 0 Å². The second-order valence-corrected chi connectivity index (χ2v) is 6.10. The van der Waals surface area contributed by atoms with Crippen molar-refractivity contribution in [1.29, 1.82) is 0 Å². The smallest absolute Gasteiger partial charge is 0.411 e. The van der Waals surface area contributed by atoms with Crippen molar-refractivity contribution in [3.8, 4) is 0 Å². The van der Waals surface area contributed by atoms with E-state index in [0.717, 1.165) is 10.5 Å². The first kappa shape index (κ1) is 18.0. The quantitative estimate of drug-likeness (QED) is 0.871. The molecule has 0 aliphatic heterocycles. The molecule has 0 fully saturated rings. The molecule has 0 aliphatic carbocycles. The van der Waals surface area contributed by atoms with Gasteiger partial charge in [0.15, 0.2) is 6.04 Å². The highest BCUT2D eigenvalue weighted by molar-refractivity contribution is 5.81. The zero-order valence-corrected chi connectivity index (χ0v) is 13.3. The molecule has 0 saturated carbocycles. The molecule has 1 aromatic rings. The highest BCUT2D eigenvalue weighted by Gasteiger charge is 2.41. The van der Waals surface area contributed by atoms with E-state index in [9.17, 15) is 19.8 Å². The number of carboxylic acids is 1. The average molecular weight is 309 g/mol. The number of nitrogens with zero attached hydrogens (tertiary/aromatic N) is 1. The average Bonchev–Trinajstić information content (AvgIpc) is 2.41. The molecule has 0 saturated heterocycles. The number of aliphatic carboxylic acids is 1. The molecule has 0 radical (unpaired) electrons. The van der Waals surface area contributed by atoms with Crippen LogP contribution in [0.15, 0.2) is 30.3 Å². The molecule has 0 bridgehead atoms. The van der Waals surface area contributed by atoms with Gasteiger partial charge in [0.05, 0.1) is 6.10 Å². The van der Waals surface area contributed by atoms with Crippen LogP contribution >= 0.6 is 0 Å². The molecule has 122 valence electrons. The maximum atomic E-state index is 12.3. The summed E-state index contributed by atoms with van der Waals surface area (Å²) in [5.41, 5.74) is -0.0120. The predicted octanol–water partition coefficient (Wildman–Crippen LogP) is 2.26. The molecule has 1 aromatic carbocycles. The van der Waals surface area contributed by atoms with Gasteiger partial charge in [0.1, 0.15) is 6.61 Å². The third-order valence-electron chi connectivity index (χ3n) is 3.11. The van der Waals surface area contributed by atoms with Gasteiger partial charge in [-0.05, 0) is 33.3 Å². The summed E-state index contributed by atoms with van der Waals surface area (Å²) in [4.78, 5) is 24.8. The van der Waals surface area contributed by atoms with Gasteiger partial charge in [0, 0.05) is 5.54 Å². The van der Waals surface area contributed by atoms with Crippen molar-refractivity contribution in [2.45, 2.75) is 52.0 Å². The van der Waals surface area contributed by atoms with Crippen LogP contribution in [0.5, 0.6) is 0 Å². The Morgan fingerprint density at radius 2 is 1.77 bits per heavy atom. The van der Waals surface area contributed by atoms with E-state index in [4.69, 9.17) is 4.74 Å². The van der Waals surface area contributed by atoms with Crippen molar-refractivity contribution in [2.75, 3.05) is 0 Å². The van der Waals surface area contributed by atoms with Crippen LogP contribution in [0.25, 0.3) is 0 Å². The number of benzene rings is 1. The Balaban J connectivity index is 2.92. The van der Waals surface area contributed by atoms with Crippen LogP contribution < -0.4 is 0 Å². The molecule has 0 aromatic heterocycles. The summed E-state index contributed by atoms with van der Waals surface area (Å²) in [6.07, 6.45) is -1.99. The van der Waals surface area contributed by atoms with Crippen molar-refractivity contribution >= 4 is 12.1 Å². The number of amides is 1. The van der Waals surface area contributed by atoms with Crippen molar-refractivity contribution in [3.63, 3.8) is 0 Å². The monoisotopic (exact) mass is 309 g/mol. The maximum Gasteiger partial charge on any atom is 0.411 e. The van der Waals surface area contributed by atoms with E-state index in [1.54, 1.807) is 32.9 Å². The lowest BCUT2D eigenvalue weighted by atomic mass is 10.0. The Morgan fingerprint density at radius 1 is 1.23 bits per heavy atom. The van der Waals surface area contributed by atoms with Gasteiger partial charge in [0.2, 0.25) is 0 Å². The zero-order valence-electron chi connectivity index (χ0n) is 13.3. The van der Waals surface area contributed by atoms with Crippen LogP contribution in [0, 0.1) is 0 Å². The number of aliphatic hydroxyl groups excluding tert-OH is 1. The highest BCUT2D eigenvalue weighted by Crippen LogP contribution is 2.21. The number of aliphatic hydroxyl groups is 1. The lowest BCUT2D eigenvalue weighted by molar-refractivity contribution is -0.149. The Morgan fingerprint density at radius 3 is 2.18 bits per heavy atom. The van der Waals surface area contributed by atoms with Gasteiger partial charge in [-0.1, -0.05) is 30.3 Å². The molecule has 2 unspecified atom stereocenters. The van der Waals surface area contributed by atoms with E-state index >= 15 is 0 Å². The minimum atomic E-state index is -1.37. The van der Waals surface area contributed by atoms with Crippen LogP contribution in [-0.4, -0.2) is 44.9 Å². The van der Waals surface area contributed by atoms with Crippen molar-refractivity contribution < 1.29 is 24.5 Å². The summed E-state index contributed by atoms with van der Waals surface area (Å²) in [7, 11) is 0. The molecule has 1 rings (SSSR count). The number of rotatable bonds is 5. The summed E-state index contributed by atoms with van der Waals surface area (Å²) >= 11 is 0. The fourth-order valence-electron chi connectivity index (χ4n) is 2.13. The summed E-state index contributed by atoms with van der Waals surface area (Å²) in [5, 5.41) is 19.0. The number of carbonyl (C=O) groups is 2. The van der Waals surface area contributed by atoms with Crippen LogP contribution in [0.4, 0.5) is 4.79 Å². The first-order valence-electron chi connectivity index (χ1n) is 7.05. The molecule has 1 amide bonds. The fraction of sp³-hybridized carbons (Fsp3) is 0.500. The van der Waals surface area contributed by atoms with Gasteiger partial charge in [-0.25, -0.2) is 9.59 Å². The van der Waals surface area contributed by atoms with Crippen molar-refractivity contribution in [1.82, 2.24) is 4.90 Å². The fourth-order valence-corrected chi connectivity index (χ4v) is 2.13. The predicted molar refractivity (Wildman–Crippen MR) is 81.3 cm³/mol. The van der Waals surface area contributed by atoms with Gasteiger partial charge in [-0.3, -0.25) is 4.90 Å². The minimum absolute atomic E-state index is 0.0401. The zero-order chi connectivity index (χ0) is 16.9. The van der Waals surface area contributed by atoms with Gasteiger partial charge < -0.3 is 14.9 Å². The number of hydrogen-bond donors (Lipinski definition) is 2. The van der Waals surface area contributed by atoms with E-state index in [1.807, 2.05) is 18.2 Å². The summed E-state index contributed by atoms with van der Waals surface area (Å²) in [6, 6.07) is 7.72. The molecule has 2 N–H and O–H groups in total. The van der Waals surface area contributed by atoms with E-state index in [2.05, 4.69) is 0 Å². The molecular weight excluding hydrogens is 286 g/mol. The summed E-state index contributed by atoms with van der Waals surface area (Å²) in [6.45, 7) is 6.44. The number of hydrogen-bond acceptors (Lipinski definition) is 4. The van der Waals surface area contributed by atoms with Crippen LogP contribution in [-0.2, 0) is 16.1 Å². The minimum Gasteiger partial charge on any atom is -0.480 e. The van der Waals surface area contributed by atoms with Gasteiger partial charge in [0.25, 0.3) is 0 Å². The molecule has 2 atom stereocenters. The molecule has 0 heterocycles. The van der Waals surface area contributed by atoms with Crippen LogP contribution in [0.2, 0.25) is 0 Å². The first-order chi connectivity index (χ1) is 10.1. The second-order valence-electron chi connectivity index (χ2n) is 6.10. The Hall–Kier alpha value is -2.08. The van der Waals surface area contributed by atoms with E-state index < -0.39 is 29.7 Å². The highest BCUT2D eigenvalue weighted by atomic mass is 16.6. The molecule has 0 aliphatic rings. The lowest BCUT2D eigenvalue weighted by Crippen LogP contribution is -2.58. The van der Waals surface area contributed by atoms with Gasteiger partial charge in [-0.15, -0.1) is 0 Å². The van der Waals surface area contributed by atoms with E-state index in [-0.39, 0.29) is 6.61 Å². The molecular formula is C16H23NO5. The summed E-state index contributed by atoms with van der Waals surface area (Å²) in [5.74, 6) is -1.28. The number of carboxylic acid groups (broad SMARTS) is 1. The van der Waals surface area contributed by atoms with E-state index in [1.165, 1.54) is 6.92 Å². The Kier molecular flexibility index (Phi) is 5.93. The van der Waals surface area contributed by atoms with Crippen molar-refractivity contribution in [3.05, 3.63) is 35.9 Å². The Bertz CT molecular complexity index is 507. The van der Waals surface area contributed by atoms with Crippen molar-refractivity contribution in [2.24, 2.45) is 0 Å². The van der Waals surface area contributed by atoms with Gasteiger partial charge >= 0.3 is 12.1 Å².